The molecule has 0 bridgehead atoms. The Hall–Kier alpha value is -1.45. The number of nitrogens with two attached hydrogens (primary N) is 1. The fourth-order valence-electron chi connectivity index (χ4n) is 1.42. The number of furan rings is 1. The number of hydrogen-bond donors (Lipinski definition) is 2. The van der Waals surface area contributed by atoms with Crippen molar-refractivity contribution in [3.8, 4) is 0 Å². The van der Waals surface area contributed by atoms with Crippen LogP contribution in [-0.2, 0) is 6.42 Å². The maximum atomic E-state index is 5.73. The van der Waals surface area contributed by atoms with Crippen molar-refractivity contribution in [1.29, 1.82) is 0 Å². The first-order chi connectivity index (χ1) is 7.72. The quantitative estimate of drug-likeness (QED) is 0.572. The molecule has 3 N–H and O–H groups in total. The molecule has 0 saturated carbocycles. The van der Waals surface area contributed by atoms with E-state index >= 15 is 0 Å². The van der Waals surface area contributed by atoms with Crippen LogP contribution < -0.4 is 11.1 Å². The lowest BCUT2D eigenvalue weighted by molar-refractivity contribution is 0.482. The molecule has 0 fully saturated rings. The summed E-state index contributed by atoms with van der Waals surface area (Å²) in [6, 6.07) is 4.21. The first-order valence-corrected chi connectivity index (χ1v) is 5.81. The predicted octanol–water partition coefficient (Wildman–Crippen LogP) is 1.91. The lowest BCUT2D eigenvalue weighted by atomic mass is 10.1. The second kappa shape index (κ2) is 6.93. The summed E-state index contributed by atoms with van der Waals surface area (Å²) < 4.78 is 5.26. The third kappa shape index (κ3) is 4.87. The summed E-state index contributed by atoms with van der Waals surface area (Å²) in [6.07, 6.45) is 4.62. The average molecular weight is 223 g/mol. The van der Waals surface area contributed by atoms with Gasteiger partial charge in [0.15, 0.2) is 5.96 Å². The molecule has 1 heterocycles. The predicted molar refractivity (Wildman–Crippen MR) is 66.4 cm³/mol. The standard InChI is InChI=1S/C12H21N3O/c1-3-8-14-12(13)15-10(2)6-7-11-5-4-9-16-11/h4-5,9-10H,3,6-8H2,1-2H3,(H3,13,14,15). The van der Waals surface area contributed by atoms with Gasteiger partial charge in [-0.05, 0) is 31.9 Å². The highest BCUT2D eigenvalue weighted by Gasteiger charge is 2.04. The molecule has 1 aromatic heterocycles. The Kier molecular flexibility index (Phi) is 5.46. The maximum Gasteiger partial charge on any atom is 0.188 e. The van der Waals surface area contributed by atoms with Crippen LogP contribution >= 0.6 is 0 Å². The van der Waals surface area contributed by atoms with Gasteiger partial charge in [-0.3, -0.25) is 4.99 Å². The van der Waals surface area contributed by atoms with Crippen LogP contribution in [0.1, 0.15) is 32.4 Å². The molecule has 4 nitrogen and oxygen atoms in total. The highest BCUT2D eigenvalue weighted by atomic mass is 16.3. The average Bonchev–Trinajstić information content (AvgIpc) is 2.76. The molecular weight excluding hydrogens is 202 g/mol. The van der Waals surface area contributed by atoms with Crippen LogP contribution in [0.2, 0.25) is 0 Å². The van der Waals surface area contributed by atoms with Crippen molar-refractivity contribution < 1.29 is 4.42 Å². The van der Waals surface area contributed by atoms with Gasteiger partial charge in [0, 0.05) is 19.0 Å². The van der Waals surface area contributed by atoms with E-state index in [1.807, 2.05) is 12.1 Å². The third-order valence-corrected chi connectivity index (χ3v) is 2.30. The molecule has 0 aliphatic heterocycles. The first-order valence-electron chi connectivity index (χ1n) is 5.81. The molecule has 0 saturated heterocycles. The molecule has 0 radical (unpaired) electrons. The van der Waals surface area contributed by atoms with E-state index in [9.17, 15) is 0 Å². The van der Waals surface area contributed by atoms with E-state index < -0.39 is 0 Å². The second-order valence-corrected chi connectivity index (χ2v) is 3.93. The molecule has 16 heavy (non-hydrogen) atoms. The lowest BCUT2D eigenvalue weighted by Gasteiger charge is -2.13. The Balaban J connectivity index is 2.22. The molecule has 0 amide bonds. The molecular formula is C12H21N3O. The van der Waals surface area contributed by atoms with Crippen molar-refractivity contribution >= 4 is 5.96 Å². The van der Waals surface area contributed by atoms with E-state index in [1.54, 1.807) is 6.26 Å². The topological polar surface area (TPSA) is 63.5 Å². The number of nitrogens with zero attached hydrogens (tertiary/aromatic N) is 1. The molecule has 90 valence electrons. The van der Waals surface area contributed by atoms with E-state index in [1.165, 1.54) is 0 Å². The van der Waals surface area contributed by atoms with E-state index in [0.717, 1.165) is 31.6 Å². The molecule has 0 aliphatic carbocycles. The number of rotatable bonds is 6. The van der Waals surface area contributed by atoms with Crippen molar-refractivity contribution in [2.24, 2.45) is 10.7 Å². The third-order valence-electron chi connectivity index (χ3n) is 2.30. The Morgan fingerprint density at radius 3 is 3.06 bits per heavy atom. The van der Waals surface area contributed by atoms with Gasteiger partial charge in [0.05, 0.1) is 6.26 Å². The Morgan fingerprint density at radius 2 is 2.44 bits per heavy atom. The van der Waals surface area contributed by atoms with Gasteiger partial charge in [-0.1, -0.05) is 6.92 Å². The zero-order chi connectivity index (χ0) is 11.8. The molecule has 1 rings (SSSR count). The van der Waals surface area contributed by atoms with Crippen LogP contribution in [0, 0.1) is 0 Å². The number of aryl methyl sites for hydroxylation is 1. The van der Waals surface area contributed by atoms with Crippen LogP contribution in [0.15, 0.2) is 27.8 Å². The Morgan fingerprint density at radius 1 is 1.62 bits per heavy atom. The lowest BCUT2D eigenvalue weighted by Crippen LogP contribution is -2.38. The van der Waals surface area contributed by atoms with Crippen molar-refractivity contribution in [2.75, 3.05) is 6.54 Å². The number of nitrogens with one attached hydrogen (secondary N) is 1. The van der Waals surface area contributed by atoms with Crippen molar-refractivity contribution in [3.05, 3.63) is 24.2 Å². The molecule has 1 atom stereocenters. The Labute approximate surface area is 96.9 Å². The first kappa shape index (κ1) is 12.6. The maximum absolute atomic E-state index is 5.73. The zero-order valence-corrected chi connectivity index (χ0v) is 10.1. The summed E-state index contributed by atoms with van der Waals surface area (Å²) in [4.78, 5) is 4.19. The van der Waals surface area contributed by atoms with E-state index in [0.29, 0.717) is 12.0 Å². The van der Waals surface area contributed by atoms with Gasteiger partial charge in [0.1, 0.15) is 5.76 Å². The van der Waals surface area contributed by atoms with Gasteiger partial charge in [0.2, 0.25) is 0 Å². The summed E-state index contributed by atoms with van der Waals surface area (Å²) >= 11 is 0. The molecule has 0 spiro atoms. The zero-order valence-electron chi connectivity index (χ0n) is 10.1. The molecule has 1 unspecified atom stereocenters. The van der Waals surface area contributed by atoms with Gasteiger partial charge < -0.3 is 15.5 Å². The monoisotopic (exact) mass is 223 g/mol. The van der Waals surface area contributed by atoms with Crippen molar-refractivity contribution in [3.63, 3.8) is 0 Å². The molecule has 4 heteroatoms. The largest absolute Gasteiger partial charge is 0.469 e. The summed E-state index contributed by atoms with van der Waals surface area (Å²) in [5.74, 6) is 1.55. The van der Waals surface area contributed by atoms with Crippen LogP contribution in [-0.4, -0.2) is 18.5 Å². The Bertz CT molecular complexity index is 306. The summed E-state index contributed by atoms with van der Waals surface area (Å²) in [5.41, 5.74) is 5.73. The smallest absolute Gasteiger partial charge is 0.188 e. The van der Waals surface area contributed by atoms with E-state index in [4.69, 9.17) is 10.2 Å². The van der Waals surface area contributed by atoms with Crippen LogP contribution in [0.25, 0.3) is 0 Å². The van der Waals surface area contributed by atoms with Gasteiger partial charge in [-0.25, -0.2) is 0 Å². The number of aliphatic imine (C=N–C) groups is 1. The van der Waals surface area contributed by atoms with Crippen molar-refractivity contribution in [2.45, 2.75) is 39.2 Å². The van der Waals surface area contributed by atoms with Crippen molar-refractivity contribution in [1.82, 2.24) is 5.32 Å². The van der Waals surface area contributed by atoms with Gasteiger partial charge in [-0.15, -0.1) is 0 Å². The normalized spacial score (nSPS) is 13.8. The van der Waals surface area contributed by atoms with Gasteiger partial charge in [0.25, 0.3) is 0 Å². The van der Waals surface area contributed by atoms with E-state index in [2.05, 4.69) is 24.2 Å². The second-order valence-electron chi connectivity index (χ2n) is 3.93. The summed E-state index contributed by atoms with van der Waals surface area (Å²) in [7, 11) is 0. The SMILES string of the molecule is CCCN=C(N)NC(C)CCc1ccco1. The number of hydrogen-bond acceptors (Lipinski definition) is 2. The fraction of sp³-hybridized carbons (Fsp3) is 0.583. The van der Waals surface area contributed by atoms with Crippen LogP contribution in [0.3, 0.4) is 0 Å². The molecule has 0 aromatic carbocycles. The highest BCUT2D eigenvalue weighted by Crippen LogP contribution is 2.05. The molecule has 0 aliphatic rings. The minimum absolute atomic E-state index is 0.311. The minimum Gasteiger partial charge on any atom is -0.469 e. The van der Waals surface area contributed by atoms with Gasteiger partial charge in [-0.2, -0.15) is 0 Å². The highest BCUT2D eigenvalue weighted by molar-refractivity contribution is 5.78. The summed E-state index contributed by atoms with van der Waals surface area (Å²) in [6.45, 7) is 4.96. The van der Waals surface area contributed by atoms with Crippen LogP contribution in [0.4, 0.5) is 0 Å². The fourth-order valence-corrected chi connectivity index (χ4v) is 1.42. The van der Waals surface area contributed by atoms with E-state index in [-0.39, 0.29) is 0 Å². The van der Waals surface area contributed by atoms with Crippen LogP contribution in [0.5, 0.6) is 0 Å². The number of guanidine groups is 1. The summed E-state index contributed by atoms with van der Waals surface area (Å²) in [5, 5.41) is 3.16. The molecule has 1 aromatic rings. The van der Waals surface area contributed by atoms with Gasteiger partial charge >= 0.3 is 0 Å². The minimum atomic E-state index is 0.311.